The number of rotatable bonds is 4. The van der Waals surface area contributed by atoms with Crippen molar-refractivity contribution in [3.8, 4) is 11.3 Å². The number of hydrogen-bond donors (Lipinski definition) is 0. The third-order valence-electron chi connectivity index (χ3n) is 4.93. The minimum absolute atomic E-state index is 0.885. The summed E-state index contributed by atoms with van der Waals surface area (Å²) in [4.78, 5) is 2.30. The third-order valence-corrected chi connectivity index (χ3v) is 4.93. The van der Waals surface area contributed by atoms with Crippen molar-refractivity contribution in [2.75, 3.05) is 4.90 Å². The summed E-state index contributed by atoms with van der Waals surface area (Å²) in [5, 5.41) is 2.38. The molecule has 1 aromatic heterocycles. The molecule has 28 heavy (non-hydrogen) atoms. The smallest absolute Gasteiger partial charge is 0.133 e. The first-order chi connectivity index (χ1) is 13.9. The fourth-order valence-corrected chi connectivity index (χ4v) is 3.64. The Morgan fingerprint density at radius 1 is 0.571 bits per heavy atom. The van der Waals surface area contributed by atoms with Crippen molar-refractivity contribution < 1.29 is 4.42 Å². The summed E-state index contributed by atoms with van der Waals surface area (Å²) in [6, 6.07) is 37.8. The van der Waals surface area contributed by atoms with Crippen LogP contribution < -0.4 is 4.90 Å². The molecule has 134 valence electrons. The molecule has 5 rings (SSSR count). The topological polar surface area (TPSA) is 16.4 Å². The molecule has 2 nitrogen and oxygen atoms in total. The van der Waals surface area contributed by atoms with E-state index >= 15 is 0 Å². The molecule has 0 radical (unpaired) electrons. The van der Waals surface area contributed by atoms with Crippen LogP contribution >= 0.6 is 0 Å². The van der Waals surface area contributed by atoms with Crippen molar-refractivity contribution >= 4 is 27.8 Å². The Kier molecular flexibility index (Phi) is 4.15. The van der Waals surface area contributed by atoms with Gasteiger partial charge in [-0.05, 0) is 53.9 Å². The molecule has 0 unspecified atom stereocenters. The number of fused-ring (bicyclic) bond motifs is 1. The molecule has 4 aromatic carbocycles. The highest BCUT2D eigenvalue weighted by Crippen LogP contribution is 2.39. The van der Waals surface area contributed by atoms with Crippen molar-refractivity contribution in [1.29, 1.82) is 0 Å². The minimum Gasteiger partial charge on any atom is -0.464 e. The quantitative estimate of drug-likeness (QED) is 0.328. The molecule has 0 saturated carbocycles. The highest BCUT2D eigenvalue weighted by Gasteiger charge is 2.15. The Morgan fingerprint density at radius 3 is 1.93 bits per heavy atom. The van der Waals surface area contributed by atoms with E-state index in [9.17, 15) is 0 Å². The van der Waals surface area contributed by atoms with Gasteiger partial charge in [0, 0.05) is 22.3 Å². The molecule has 1 heterocycles. The third kappa shape index (κ3) is 2.95. The van der Waals surface area contributed by atoms with Crippen molar-refractivity contribution in [2.45, 2.75) is 0 Å². The normalized spacial score (nSPS) is 10.9. The summed E-state index contributed by atoms with van der Waals surface area (Å²) in [6.45, 7) is 0. The number of nitrogens with zero attached hydrogens (tertiary/aromatic N) is 1. The zero-order valence-electron chi connectivity index (χ0n) is 15.3. The van der Waals surface area contributed by atoms with Gasteiger partial charge in [-0.15, -0.1) is 0 Å². The van der Waals surface area contributed by atoms with E-state index in [-0.39, 0.29) is 0 Å². The maximum Gasteiger partial charge on any atom is 0.133 e. The lowest BCUT2D eigenvalue weighted by molar-refractivity contribution is 0.582. The van der Waals surface area contributed by atoms with Crippen LogP contribution in [0.2, 0.25) is 0 Å². The van der Waals surface area contributed by atoms with Crippen LogP contribution in [0, 0.1) is 0 Å². The van der Waals surface area contributed by atoms with Gasteiger partial charge in [0.05, 0.1) is 12.0 Å². The van der Waals surface area contributed by atoms with Crippen LogP contribution in [0.5, 0.6) is 0 Å². The van der Waals surface area contributed by atoms with E-state index in [1.165, 1.54) is 10.8 Å². The lowest BCUT2D eigenvalue weighted by Gasteiger charge is -2.26. The van der Waals surface area contributed by atoms with Gasteiger partial charge in [-0.2, -0.15) is 0 Å². The van der Waals surface area contributed by atoms with E-state index in [0.29, 0.717) is 0 Å². The van der Waals surface area contributed by atoms with Gasteiger partial charge in [-0.1, -0.05) is 60.7 Å². The van der Waals surface area contributed by atoms with Crippen molar-refractivity contribution in [3.05, 3.63) is 115 Å². The van der Waals surface area contributed by atoms with E-state index < -0.39 is 0 Å². The average Bonchev–Trinajstić information content (AvgIpc) is 3.30. The molecule has 0 aliphatic carbocycles. The molecule has 0 fully saturated rings. The van der Waals surface area contributed by atoms with Crippen LogP contribution in [-0.2, 0) is 0 Å². The van der Waals surface area contributed by atoms with Crippen LogP contribution in [-0.4, -0.2) is 0 Å². The highest BCUT2D eigenvalue weighted by molar-refractivity contribution is 6.00. The zero-order valence-corrected chi connectivity index (χ0v) is 15.3. The van der Waals surface area contributed by atoms with E-state index in [1.54, 1.807) is 6.26 Å². The predicted molar refractivity (Wildman–Crippen MR) is 116 cm³/mol. The monoisotopic (exact) mass is 361 g/mol. The standard InChI is InChI=1S/C26H19NO/c1-3-10-22(11-4-1)27(23-12-5-2-6-13-23)25-14-7-9-20-19-21(16-17-24(20)25)26-15-8-18-28-26/h1-19H. The largest absolute Gasteiger partial charge is 0.464 e. The van der Waals surface area contributed by atoms with Gasteiger partial charge in [-0.25, -0.2) is 0 Å². The van der Waals surface area contributed by atoms with Crippen LogP contribution in [0.4, 0.5) is 17.1 Å². The van der Waals surface area contributed by atoms with Crippen LogP contribution in [0.15, 0.2) is 120 Å². The first kappa shape index (κ1) is 16.4. The average molecular weight is 361 g/mol. The first-order valence-corrected chi connectivity index (χ1v) is 9.37. The minimum atomic E-state index is 0.885. The van der Waals surface area contributed by atoms with E-state index in [4.69, 9.17) is 4.42 Å². The predicted octanol–water partition coefficient (Wildman–Crippen LogP) is 7.57. The van der Waals surface area contributed by atoms with Gasteiger partial charge in [0.25, 0.3) is 0 Å². The summed E-state index contributed by atoms with van der Waals surface area (Å²) < 4.78 is 5.57. The zero-order chi connectivity index (χ0) is 18.8. The lowest BCUT2D eigenvalue weighted by atomic mass is 10.0. The molecule has 0 spiro atoms. The summed E-state index contributed by atoms with van der Waals surface area (Å²) >= 11 is 0. The second-order valence-corrected chi connectivity index (χ2v) is 6.70. The Labute approximate surface area is 164 Å². The number of anilines is 3. The van der Waals surface area contributed by atoms with Gasteiger partial charge in [-0.3, -0.25) is 0 Å². The van der Waals surface area contributed by atoms with Crippen molar-refractivity contribution in [1.82, 2.24) is 0 Å². The van der Waals surface area contributed by atoms with E-state index in [0.717, 1.165) is 28.4 Å². The maximum atomic E-state index is 5.57. The van der Waals surface area contributed by atoms with Gasteiger partial charge in [0.1, 0.15) is 5.76 Å². The molecule has 0 saturated heterocycles. The van der Waals surface area contributed by atoms with Crippen LogP contribution in [0.1, 0.15) is 0 Å². The summed E-state index contributed by atoms with van der Waals surface area (Å²) in [6.07, 6.45) is 1.71. The Morgan fingerprint density at radius 2 is 1.29 bits per heavy atom. The molecule has 5 aromatic rings. The highest BCUT2D eigenvalue weighted by atomic mass is 16.3. The fourth-order valence-electron chi connectivity index (χ4n) is 3.64. The Hall–Kier alpha value is -3.78. The summed E-state index contributed by atoms with van der Waals surface area (Å²) in [5.41, 5.74) is 4.51. The number of para-hydroxylation sites is 2. The summed E-state index contributed by atoms with van der Waals surface area (Å²) in [5.74, 6) is 0.885. The summed E-state index contributed by atoms with van der Waals surface area (Å²) in [7, 11) is 0. The fraction of sp³-hybridized carbons (Fsp3) is 0. The van der Waals surface area contributed by atoms with Crippen LogP contribution in [0.25, 0.3) is 22.1 Å². The number of hydrogen-bond acceptors (Lipinski definition) is 2. The molecule has 2 heteroatoms. The SMILES string of the molecule is c1ccc(N(c2ccccc2)c2cccc3cc(-c4ccco4)ccc23)cc1. The lowest BCUT2D eigenvalue weighted by Crippen LogP contribution is -2.10. The van der Waals surface area contributed by atoms with E-state index in [1.807, 2.05) is 24.3 Å². The first-order valence-electron chi connectivity index (χ1n) is 9.37. The molecular weight excluding hydrogens is 342 g/mol. The van der Waals surface area contributed by atoms with Gasteiger partial charge >= 0.3 is 0 Å². The molecule has 0 N–H and O–H groups in total. The molecule has 0 aliphatic heterocycles. The molecule has 0 bridgehead atoms. The van der Waals surface area contributed by atoms with Crippen molar-refractivity contribution in [2.24, 2.45) is 0 Å². The molecule has 0 amide bonds. The maximum absolute atomic E-state index is 5.57. The van der Waals surface area contributed by atoms with Gasteiger partial charge in [0.15, 0.2) is 0 Å². The Bertz CT molecular complexity index is 1160. The Balaban J connectivity index is 1.71. The van der Waals surface area contributed by atoms with E-state index in [2.05, 4.69) is 89.8 Å². The van der Waals surface area contributed by atoms with Gasteiger partial charge < -0.3 is 9.32 Å². The number of furan rings is 1. The van der Waals surface area contributed by atoms with Crippen molar-refractivity contribution in [3.63, 3.8) is 0 Å². The van der Waals surface area contributed by atoms with Crippen LogP contribution in [0.3, 0.4) is 0 Å². The second-order valence-electron chi connectivity index (χ2n) is 6.70. The molecule has 0 aliphatic rings. The second kappa shape index (κ2) is 7.09. The molecular formula is C26H19NO. The number of benzene rings is 4. The van der Waals surface area contributed by atoms with Gasteiger partial charge in [0.2, 0.25) is 0 Å². The molecule has 0 atom stereocenters.